The van der Waals surface area contributed by atoms with E-state index >= 15 is 0 Å². The minimum Gasteiger partial charge on any atom is -0.466 e. The first-order chi connectivity index (χ1) is 12.4. The molecular weight excluding hydrogens is 334 g/mol. The highest BCUT2D eigenvalue weighted by atomic mass is 16.5. The molecule has 1 aliphatic heterocycles. The Balaban J connectivity index is 0.00000163. The van der Waals surface area contributed by atoms with Gasteiger partial charge in [-0.3, -0.25) is 24.1 Å². The lowest BCUT2D eigenvalue weighted by atomic mass is 9.97. The molecule has 1 unspecified atom stereocenters. The molecule has 2 rings (SSSR count). The predicted molar refractivity (Wildman–Crippen MR) is 97.8 cm³/mol. The number of amides is 2. The van der Waals surface area contributed by atoms with Crippen LogP contribution in [0.5, 0.6) is 0 Å². The number of fused-ring (bicyclic) bond motifs is 1. The zero-order valence-corrected chi connectivity index (χ0v) is 16.1. The summed E-state index contributed by atoms with van der Waals surface area (Å²) in [6, 6.07) is 5.52. The van der Waals surface area contributed by atoms with Crippen LogP contribution in [0.4, 0.5) is 0 Å². The van der Waals surface area contributed by atoms with Gasteiger partial charge in [-0.25, -0.2) is 0 Å². The van der Waals surface area contributed by atoms with E-state index in [0.29, 0.717) is 17.5 Å². The van der Waals surface area contributed by atoms with Gasteiger partial charge in [0.05, 0.1) is 23.8 Å². The van der Waals surface area contributed by atoms with Crippen LogP contribution < -0.4 is 0 Å². The molecule has 0 bridgehead atoms. The molecule has 26 heavy (non-hydrogen) atoms. The molecule has 6 heteroatoms. The Labute approximate surface area is 154 Å². The molecule has 0 aliphatic carbocycles. The van der Waals surface area contributed by atoms with E-state index in [1.54, 1.807) is 31.2 Å². The van der Waals surface area contributed by atoms with Gasteiger partial charge in [-0.2, -0.15) is 0 Å². The topological polar surface area (TPSA) is 80.8 Å². The van der Waals surface area contributed by atoms with Crippen molar-refractivity contribution in [1.82, 2.24) is 4.90 Å². The molecule has 0 saturated heterocycles. The zero-order valence-electron chi connectivity index (χ0n) is 16.1. The van der Waals surface area contributed by atoms with Crippen molar-refractivity contribution in [3.63, 3.8) is 0 Å². The predicted octanol–water partition coefficient (Wildman–Crippen LogP) is 3.25. The molecule has 6 nitrogen and oxygen atoms in total. The molecule has 0 radical (unpaired) electrons. The first-order valence-electron chi connectivity index (χ1n) is 9.02. The summed E-state index contributed by atoms with van der Waals surface area (Å²) in [5.74, 6) is -2.02. The minimum absolute atomic E-state index is 0.0745. The lowest BCUT2D eigenvalue weighted by Gasteiger charge is -2.26. The van der Waals surface area contributed by atoms with E-state index in [9.17, 15) is 19.2 Å². The van der Waals surface area contributed by atoms with Crippen molar-refractivity contribution in [2.45, 2.75) is 53.5 Å². The van der Waals surface area contributed by atoms with Crippen LogP contribution in [0.1, 0.15) is 68.2 Å². The molecule has 142 valence electrons. The summed E-state index contributed by atoms with van der Waals surface area (Å²) in [6.45, 7) is 9.61. The second-order valence-electron chi connectivity index (χ2n) is 6.12. The molecule has 0 saturated carbocycles. The first-order valence-corrected chi connectivity index (χ1v) is 9.02. The average molecular weight is 361 g/mol. The molecule has 0 spiro atoms. The number of esters is 1. The molecule has 1 aromatic carbocycles. The van der Waals surface area contributed by atoms with E-state index in [4.69, 9.17) is 4.74 Å². The van der Waals surface area contributed by atoms with Gasteiger partial charge in [-0.1, -0.05) is 39.8 Å². The summed E-state index contributed by atoms with van der Waals surface area (Å²) in [4.78, 5) is 50.3. The number of carbonyl (C=O) groups is 4. The number of ether oxygens (including phenoxy) is 1. The van der Waals surface area contributed by atoms with Crippen LogP contribution in [0.15, 0.2) is 24.3 Å². The Morgan fingerprint density at radius 3 is 1.96 bits per heavy atom. The third-order valence-corrected chi connectivity index (χ3v) is 3.83. The van der Waals surface area contributed by atoms with E-state index in [1.165, 1.54) is 0 Å². The number of Topliss-reactive ketones (excluding diaryl/α,β-unsaturated/α-hetero) is 1. The van der Waals surface area contributed by atoms with Crippen LogP contribution in [0.25, 0.3) is 0 Å². The largest absolute Gasteiger partial charge is 0.466 e. The maximum atomic E-state index is 12.6. The fourth-order valence-corrected chi connectivity index (χ4v) is 2.79. The standard InChI is InChI=1S/C18H21NO5.C2H6/c1-4-24-16(21)10-15(20)14(9-11(2)3)19-17(22)12-7-5-6-8-13(12)18(19)23;1-2/h5-8,11,14H,4,9-10H2,1-3H3;1-2H3. The van der Waals surface area contributed by atoms with Gasteiger partial charge in [0.15, 0.2) is 5.78 Å². The smallest absolute Gasteiger partial charge is 0.313 e. The number of carbonyl (C=O) groups excluding carboxylic acids is 4. The first kappa shape index (κ1) is 21.5. The van der Waals surface area contributed by atoms with Gasteiger partial charge in [-0.15, -0.1) is 0 Å². The molecule has 0 fully saturated rings. The number of ketones is 1. The second kappa shape index (κ2) is 9.85. The van der Waals surface area contributed by atoms with Crippen molar-refractivity contribution in [3.8, 4) is 0 Å². The maximum Gasteiger partial charge on any atom is 0.313 e. The number of nitrogens with zero attached hydrogens (tertiary/aromatic N) is 1. The molecule has 1 heterocycles. The summed E-state index contributed by atoms with van der Waals surface area (Å²) in [5.41, 5.74) is 0.584. The van der Waals surface area contributed by atoms with E-state index in [0.717, 1.165) is 4.90 Å². The molecule has 2 amide bonds. The summed E-state index contributed by atoms with van der Waals surface area (Å²) in [7, 11) is 0. The summed E-state index contributed by atoms with van der Waals surface area (Å²) in [6.07, 6.45) is -0.137. The monoisotopic (exact) mass is 361 g/mol. The second-order valence-corrected chi connectivity index (χ2v) is 6.12. The van der Waals surface area contributed by atoms with Crippen LogP contribution >= 0.6 is 0 Å². The SMILES string of the molecule is CC.CCOC(=O)CC(=O)C(CC(C)C)N1C(=O)c2ccccc2C1=O. The molecule has 1 atom stereocenters. The Hall–Kier alpha value is -2.50. The molecule has 1 aromatic rings. The Morgan fingerprint density at radius 2 is 1.54 bits per heavy atom. The highest BCUT2D eigenvalue weighted by Gasteiger charge is 2.42. The van der Waals surface area contributed by atoms with Crippen molar-refractivity contribution in [1.29, 1.82) is 0 Å². The van der Waals surface area contributed by atoms with Crippen molar-refractivity contribution >= 4 is 23.6 Å². The third kappa shape index (κ3) is 4.77. The fourth-order valence-electron chi connectivity index (χ4n) is 2.79. The summed E-state index contributed by atoms with van der Waals surface area (Å²) in [5, 5.41) is 0. The average Bonchev–Trinajstić information content (AvgIpc) is 2.86. The van der Waals surface area contributed by atoms with Gasteiger partial charge in [0.25, 0.3) is 11.8 Å². The van der Waals surface area contributed by atoms with Gasteiger partial charge >= 0.3 is 5.97 Å². The van der Waals surface area contributed by atoms with Crippen molar-refractivity contribution < 1.29 is 23.9 Å². The highest BCUT2D eigenvalue weighted by molar-refractivity contribution is 6.23. The minimum atomic E-state index is -0.957. The molecule has 0 N–H and O–H groups in total. The van der Waals surface area contributed by atoms with Gasteiger partial charge in [0.1, 0.15) is 6.42 Å². The molecular formula is C20H27NO5. The lowest BCUT2D eigenvalue weighted by molar-refractivity contribution is -0.146. The van der Waals surface area contributed by atoms with Crippen LogP contribution in [0, 0.1) is 5.92 Å². The zero-order chi connectivity index (χ0) is 19.9. The van der Waals surface area contributed by atoms with E-state index in [1.807, 2.05) is 27.7 Å². The highest BCUT2D eigenvalue weighted by Crippen LogP contribution is 2.27. The van der Waals surface area contributed by atoms with Crippen molar-refractivity contribution in [2.75, 3.05) is 6.61 Å². The van der Waals surface area contributed by atoms with Gasteiger partial charge < -0.3 is 4.74 Å². The Bertz CT molecular complexity index is 646. The third-order valence-electron chi connectivity index (χ3n) is 3.83. The number of rotatable bonds is 7. The molecule has 0 aromatic heterocycles. The van der Waals surface area contributed by atoms with Crippen LogP contribution in [0.3, 0.4) is 0 Å². The van der Waals surface area contributed by atoms with E-state index in [2.05, 4.69) is 0 Å². The summed E-state index contributed by atoms with van der Waals surface area (Å²) >= 11 is 0. The van der Waals surface area contributed by atoms with E-state index < -0.39 is 36.0 Å². The van der Waals surface area contributed by atoms with Gasteiger partial charge in [0.2, 0.25) is 0 Å². The van der Waals surface area contributed by atoms with Gasteiger partial charge in [0, 0.05) is 0 Å². The number of benzene rings is 1. The summed E-state index contributed by atoms with van der Waals surface area (Å²) < 4.78 is 4.80. The number of hydrogen-bond donors (Lipinski definition) is 0. The van der Waals surface area contributed by atoms with Crippen LogP contribution in [-0.2, 0) is 14.3 Å². The van der Waals surface area contributed by atoms with E-state index in [-0.39, 0.29) is 12.5 Å². The Kier molecular flexibility index (Phi) is 8.16. The van der Waals surface area contributed by atoms with Crippen LogP contribution in [-0.4, -0.2) is 41.1 Å². The maximum absolute atomic E-state index is 12.6. The normalized spacial score (nSPS) is 13.8. The fraction of sp³-hybridized carbons (Fsp3) is 0.500. The Morgan fingerprint density at radius 1 is 1.04 bits per heavy atom. The van der Waals surface area contributed by atoms with Crippen LogP contribution in [0.2, 0.25) is 0 Å². The van der Waals surface area contributed by atoms with Crippen molar-refractivity contribution in [3.05, 3.63) is 35.4 Å². The molecule has 1 aliphatic rings. The quantitative estimate of drug-likeness (QED) is 0.423. The van der Waals surface area contributed by atoms with Gasteiger partial charge in [-0.05, 0) is 31.4 Å². The van der Waals surface area contributed by atoms with Crippen molar-refractivity contribution in [2.24, 2.45) is 5.92 Å². The number of hydrogen-bond acceptors (Lipinski definition) is 5. The number of imide groups is 1. The lowest BCUT2D eigenvalue weighted by Crippen LogP contribution is -2.46.